The Morgan fingerprint density at radius 3 is 2.51 bits per heavy atom. The van der Waals surface area contributed by atoms with Gasteiger partial charge in [-0.2, -0.15) is 9.48 Å². The molecule has 0 saturated heterocycles. The number of nitrogens with zero attached hydrogens (tertiary/aromatic N) is 1. The summed E-state index contributed by atoms with van der Waals surface area (Å²) in [5.74, 6) is -0.549. The summed E-state index contributed by atoms with van der Waals surface area (Å²) >= 11 is 0. The molecule has 5 atom stereocenters. The van der Waals surface area contributed by atoms with Crippen LogP contribution < -0.4 is 20.9 Å². The van der Waals surface area contributed by atoms with Crippen molar-refractivity contribution in [2.45, 2.75) is 51.9 Å². The standard InChI is InChI=1S/C21H29FN3O9P/c1-4-12-31-19(28)14(2)24-35(30,34-16-8-6-5-7-9-16)32-13-17(15(3)26)33-20(22)25-11-10-18(27)23-21(25)29/h5-11,14-15,17,20,26H,4,12-13H2,1-3H3,(H,24,30)(H,23,27,29)/t14-,15-,17+,20+,35?/m0/s1. The van der Waals surface area contributed by atoms with E-state index in [2.05, 4.69) is 5.09 Å². The lowest BCUT2D eigenvalue weighted by Gasteiger charge is -2.27. The Balaban J connectivity index is 2.17. The monoisotopic (exact) mass is 517 g/mol. The average molecular weight is 517 g/mol. The van der Waals surface area contributed by atoms with E-state index in [4.69, 9.17) is 18.5 Å². The van der Waals surface area contributed by atoms with Gasteiger partial charge in [0.1, 0.15) is 17.9 Å². The Kier molecular flexibility index (Phi) is 10.8. The minimum absolute atomic E-state index is 0.148. The van der Waals surface area contributed by atoms with E-state index in [-0.39, 0.29) is 12.4 Å². The first kappa shape index (κ1) is 28.4. The van der Waals surface area contributed by atoms with Crippen LogP contribution in [0.25, 0.3) is 0 Å². The van der Waals surface area contributed by atoms with E-state index >= 15 is 0 Å². The van der Waals surface area contributed by atoms with Gasteiger partial charge in [0.25, 0.3) is 12.0 Å². The number of ether oxygens (including phenoxy) is 2. The molecule has 3 N–H and O–H groups in total. The highest BCUT2D eigenvalue weighted by Gasteiger charge is 2.34. The number of aromatic amines is 1. The number of aliphatic hydroxyl groups excluding tert-OH is 1. The van der Waals surface area contributed by atoms with Crippen LogP contribution in [0.4, 0.5) is 4.39 Å². The molecule has 35 heavy (non-hydrogen) atoms. The highest BCUT2D eigenvalue weighted by molar-refractivity contribution is 7.52. The number of halogens is 1. The fourth-order valence-corrected chi connectivity index (χ4v) is 4.09. The molecule has 0 radical (unpaired) electrons. The van der Waals surface area contributed by atoms with Gasteiger partial charge in [-0.15, -0.1) is 0 Å². The highest BCUT2D eigenvalue weighted by Crippen LogP contribution is 2.45. The molecule has 0 fully saturated rings. The molecule has 0 bridgehead atoms. The lowest BCUT2D eigenvalue weighted by Crippen LogP contribution is -2.39. The van der Waals surface area contributed by atoms with Gasteiger partial charge in [0, 0.05) is 12.3 Å². The van der Waals surface area contributed by atoms with Crippen LogP contribution >= 0.6 is 7.75 Å². The molecule has 0 aliphatic rings. The predicted molar refractivity (Wildman–Crippen MR) is 122 cm³/mol. The molecule has 0 amide bonds. The van der Waals surface area contributed by atoms with Crippen LogP contribution in [0.15, 0.2) is 52.2 Å². The fourth-order valence-electron chi connectivity index (χ4n) is 2.59. The second-order valence-electron chi connectivity index (χ2n) is 7.44. The van der Waals surface area contributed by atoms with Crippen molar-refractivity contribution in [3.8, 4) is 5.75 Å². The van der Waals surface area contributed by atoms with Gasteiger partial charge in [-0.1, -0.05) is 25.1 Å². The predicted octanol–water partition coefficient (Wildman–Crippen LogP) is 1.86. The van der Waals surface area contributed by atoms with Gasteiger partial charge in [0.15, 0.2) is 0 Å². The van der Waals surface area contributed by atoms with Crippen molar-refractivity contribution in [1.82, 2.24) is 14.6 Å². The number of H-pyrrole nitrogens is 1. The number of hydrogen-bond donors (Lipinski definition) is 3. The van der Waals surface area contributed by atoms with Crippen molar-refractivity contribution >= 4 is 13.7 Å². The third kappa shape index (κ3) is 9.04. The summed E-state index contributed by atoms with van der Waals surface area (Å²) in [4.78, 5) is 37.0. The molecule has 194 valence electrons. The molecule has 12 nitrogen and oxygen atoms in total. The number of nitrogens with one attached hydrogen (secondary N) is 2. The molecule has 1 unspecified atom stereocenters. The third-order valence-electron chi connectivity index (χ3n) is 4.43. The van der Waals surface area contributed by atoms with Crippen LogP contribution in [0.1, 0.15) is 33.7 Å². The minimum atomic E-state index is -4.29. The van der Waals surface area contributed by atoms with Crippen molar-refractivity contribution in [3.63, 3.8) is 0 Å². The van der Waals surface area contributed by atoms with Crippen LogP contribution in [0.5, 0.6) is 5.75 Å². The van der Waals surface area contributed by atoms with E-state index < -0.39 is 56.3 Å². The Hall–Kier alpha value is -2.83. The molecule has 1 aromatic heterocycles. The van der Waals surface area contributed by atoms with Gasteiger partial charge in [0.05, 0.1) is 19.3 Å². The number of carbonyl (C=O) groups is 1. The van der Waals surface area contributed by atoms with Crippen LogP contribution in [-0.4, -0.2) is 52.1 Å². The minimum Gasteiger partial charge on any atom is -0.465 e. The summed E-state index contributed by atoms with van der Waals surface area (Å²) in [6.45, 7) is 1.56. The number of benzene rings is 1. The first-order chi connectivity index (χ1) is 16.5. The molecular weight excluding hydrogens is 488 g/mol. The molecule has 0 saturated carbocycles. The molecule has 2 aromatic rings. The van der Waals surface area contributed by atoms with Crippen LogP contribution in [0.3, 0.4) is 0 Å². The number of rotatable bonds is 14. The molecule has 1 heterocycles. The zero-order valence-corrected chi connectivity index (χ0v) is 20.4. The Morgan fingerprint density at radius 2 is 1.91 bits per heavy atom. The second-order valence-corrected chi connectivity index (χ2v) is 9.13. The summed E-state index contributed by atoms with van der Waals surface area (Å²) in [5.41, 5.74) is -1.81. The first-order valence-corrected chi connectivity index (χ1v) is 12.3. The average Bonchev–Trinajstić information content (AvgIpc) is 2.80. The van der Waals surface area contributed by atoms with E-state index in [9.17, 15) is 28.4 Å². The van der Waals surface area contributed by atoms with E-state index in [1.165, 1.54) is 26.0 Å². The van der Waals surface area contributed by atoms with Crippen molar-refractivity contribution in [3.05, 3.63) is 63.4 Å². The summed E-state index contributed by atoms with van der Waals surface area (Å²) < 4.78 is 49.5. The van der Waals surface area contributed by atoms with Crippen molar-refractivity contribution in [2.24, 2.45) is 0 Å². The number of para-hydroxylation sites is 1. The molecule has 0 aliphatic heterocycles. The summed E-state index contributed by atoms with van der Waals surface area (Å²) in [6, 6.07) is 7.76. The van der Waals surface area contributed by atoms with Gasteiger partial charge in [-0.25, -0.2) is 13.9 Å². The zero-order valence-electron chi connectivity index (χ0n) is 19.5. The van der Waals surface area contributed by atoms with Gasteiger partial charge in [-0.3, -0.25) is 19.1 Å². The van der Waals surface area contributed by atoms with Crippen molar-refractivity contribution in [1.29, 1.82) is 0 Å². The lowest BCUT2D eigenvalue weighted by atomic mass is 10.2. The molecule has 2 rings (SSSR count). The number of aliphatic hydroxyl groups is 1. The Bertz CT molecular complexity index is 1110. The normalized spacial score (nSPS) is 16.5. The van der Waals surface area contributed by atoms with Gasteiger partial charge < -0.3 is 19.1 Å². The summed E-state index contributed by atoms with van der Waals surface area (Å²) in [5, 5.41) is 12.5. The van der Waals surface area contributed by atoms with Gasteiger partial charge in [0.2, 0.25) is 0 Å². The number of alkyl halides is 1. The second kappa shape index (κ2) is 13.3. The number of hydrogen-bond acceptors (Lipinski definition) is 9. The maximum atomic E-state index is 14.6. The Labute approximate surface area is 200 Å². The topological polar surface area (TPSA) is 158 Å². The quantitative estimate of drug-likeness (QED) is 0.249. The van der Waals surface area contributed by atoms with Crippen LogP contribution in [0, 0.1) is 0 Å². The maximum absolute atomic E-state index is 14.6. The Morgan fingerprint density at radius 1 is 1.23 bits per heavy atom. The number of carbonyl (C=O) groups excluding carboxylic acids is 1. The number of aromatic nitrogens is 2. The molecule has 1 aromatic carbocycles. The summed E-state index contributed by atoms with van der Waals surface area (Å²) in [6.07, 6.45) is -1.31. The van der Waals surface area contributed by atoms with E-state index in [0.717, 1.165) is 12.3 Å². The highest BCUT2D eigenvalue weighted by atomic mass is 31.2. The first-order valence-electron chi connectivity index (χ1n) is 10.8. The lowest BCUT2D eigenvalue weighted by molar-refractivity contribution is -0.172. The van der Waals surface area contributed by atoms with Crippen molar-refractivity contribution in [2.75, 3.05) is 13.2 Å². The van der Waals surface area contributed by atoms with Gasteiger partial charge >= 0.3 is 19.4 Å². The molecular formula is C21H29FN3O9P. The molecule has 0 spiro atoms. The molecule has 0 aliphatic carbocycles. The smallest absolute Gasteiger partial charge is 0.459 e. The van der Waals surface area contributed by atoms with E-state index in [1.807, 2.05) is 11.9 Å². The summed E-state index contributed by atoms with van der Waals surface area (Å²) in [7, 11) is -4.29. The fraction of sp³-hybridized carbons (Fsp3) is 0.476. The van der Waals surface area contributed by atoms with Crippen LogP contribution in [0.2, 0.25) is 0 Å². The maximum Gasteiger partial charge on any atom is 0.459 e. The van der Waals surface area contributed by atoms with Crippen molar-refractivity contribution < 1.29 is 37.4 Å². The third-order valence-corrected chi connectivity index (χ3v) is 6.07. The largest absolute Gasteiger partial charge is 0.465 e. The van der Waals surface area contributed by atoms with E-state index in [1.54, 1.807) is 18.2 Å². The SMILES string of the molecule is CCCOC(=O)[C@H](C)NP(=O)(OC[C@@H](O[C@H](F)n1ccc(=O)[nH]c1=O)[C@H](C)O)Oc1ccccc1. The van der Waals surface area contributed by atoms with Crippen LogP contribution in [-0.2, 0) is 23.4 Å². The van der Waals surface area contributed by atoms with Gasteiger partial charge in [-0.05, 0) is 32.4 Å². The zero-order chi connectivity index (χ0) is 26.0. The number of esters is 1. The van der Waals surface area contributed by atoms with E-state index in [0.29, 0.717) is 11.0 Å². The molecule has 14 heteroatoms.